The van der Waals surface area contributed by atoms with Gasteiger partial charge < -0.3 is 4.90 Å². The standard InChI is InChI=1S/C17H21NO2/c19-15-9-7-13(8-10-15)16-5-2-1-4-14(16)12-18-11-3-6-17(18)20/h1-2,4-5,13H,3,6-12H2. The summed E-state index contributed by atoms with van der Waals surface area (Å²) in [6.45, 7) is 1.62. The van der Waals surface area contributed by atoms with Gasteiger partial charge in [-0.2, -0.15) is 0 Å². The molecule has 1 aliphatic heterocycles. The third kappa shape index (κ3) is 2.77. The molecular weight excluding hydrogens is 250 g/mol. The van der Waals surface area contributed by atoms with Crippen LogP contribution in [0.2, 0.25) is 0 Å². The maximum Gasteiger partial charge on any atom is 0.222 e. The number of carbonyl (C=O) groups is 2. The normalized spacial score (nSPS) is 20.7. The number of likely N-dealkylation sites (tertiary alicyclic amines) is 1. The Morgan fingerprint density at radius 1 is 1.05 bits per heavy atom. The van der Waals surface area contributed by atoms with Crippen LogP contribution in [0.4, 0.5) is 0 Å². The van der Waals surface area contributed by atoms with E-state index in [0.717, 1.165) is 32.4 Å². The summed E-state index contributed by atoms with van der Waals surface area (Å²) in [7, 11) is 0. The van der Waals surface area contributed by atoms with Crippen molar-refractivity contribution in [1.29, 1.82) is 0 Å². The van der Waals surface area contributed by atoms with E-state index in [0.29, 0.717) is 31.0 Å². The molecule has 2 aliphatic rings. The second-order valence-electron chi connectivity index (χ2n) is 5.93. The molecule has 106 valence electrons. The summed E-state index contributed by atoms with van der Waals surface area (Å²) in [5.74, 6) is 1.16. The van der Waals surface area contributed by atoms with Crippen LogP contribution >= 0.6 is 0 Å². The third-order valence-electron chi connectivity index (χ3n) is 4.57. The average Bonchev–Trinajstić information content (AvgIpc) is 2.86. The van der Waals surface area contributed by atoms with Crippen LogP contribution in [0.15, 0.2) is 24.3 Å². The first-order chi connectivity index (χ1) is 9.74. The van der Waals surface area contributed by atoms with E-state index in [9.17, 15) is 9.59 Å². The number of amides is 1. The number of benzene rings is 1. The maximum absolute atomic E-state index is 11.8. The van der Waals surface area contributed by atoms with Crippen LogP contribution in [-0.4, -0.2) is 23.1 Å². The second kappa shape index (κ2) is 5.78. The van der Waals surface area contributed by atoms with Gasteiger partial charge in [0.15, 0.2) is 0 Å². The Morgan fingerprint density at radius 3 is 2.50 bits per heavy atom. The lowest BCUT2D eigenvalue weighted by Gasteiger charge is -2.25. The maximum atomic E-state index is 11.8. The lowest BCUT2D eigenvalue weighted by atomic mass is 9.81. The van der Waals surface area contributed by atoms with Crippen molar-refractivity contribution in [1.82, 2.24) is 4.90 Å². The number of hydrogen-bond donors (Lipinski definition) is 0. The van der Waals surface area contributed by atoms with Crippen LogP contribution in [0, 0.1) is 0 Å². The number of Topliss-reactive ketones (excluding diaryl/α,β-unsaturated/α-hetero) is 1. The van der Waals surface area contributed by atoms with E-state index < -0.39 is 0 Å². The van der Waals surface area contributed by atoms with Gasteiger partial charge in [-0.1, -0.05) is 24.3 Å². The molecule has 0 atom stereocenters. The summed E-state index contributed by atoms with van der Waals surface area (Å²) in [5, 5.41) is 0. The summed E-state index contributed by atoms with van der Waals surface area (Å²) in [5.41, 5.74) is 2.61. The first-order valence-electron chi connectivity index (χ1n) is 7.61. The number of carbonyl (C=O) groups excluding carboxylic acids is 2. The molecule has 20 heavy (non-hydrogen) atoms. The van der Waals surface area contributed by atoms with Gasteiger partial charge in [0.1, 0.15) is 5.78 Å². The zero-order valence-corrected chi connectivity index (χ0v) is 11.8. The van der Waals surface area contributed by atoms with E-state index in [4.69, 9.17) is 0 Å². The molecule has 1 aliphatic carbocycles. The lowest BCUT2D eigenvalue weighted by Crippen LogP contribution is -2.25. The van der Waals surface area contributed by atoms with E-state index in [1.54, 1.807) is 0 Å². The molecule has 1 heterocycles. The molecule has 0 unspecified atom stereocenters. The van der Waals surface area contributed by atoms with Crippen molar-refractivity contribution >= 4 is 11.7 Å². The highest BCUT2D eigenvalue weighted by atomic mass is 16.2. The fourth-order valence-electron chi connectivity index (χ4n) is 3.40. The summed E-state index contributed by atoms with van der Waals surface area (Å²) in [6.07, 6.45) is 5.02. The first kappa shape index (κ1) is 13.3. The quantitative estimate of drug-likeness (QED) is 0.847. The van der Waals surface area contributed by atoms with Gasteiger partial charge in [-0.15, -0.1) is 0 Å². The van der Waals surface area contributed by atoms with Crippen molar-refractivity contribution in [3.8, 4) is 0 Å². The van der Waals surface area contributed by atoms with Crippen molar-refractivity contribution < 1.29 is 9.59 Å². The third-order valence-corrected chi connectivity index (χ3v) is 4.57. The van der Waals surface area contributed by atoms with Crippen LogP contribution < -0.4 is 0 Å². The Morgan fingerprint density at radius 2 is 1.80 bits per heavy atom. The van der Waals surface area contributed by atoms with Crippen LogP contribution in [0.1, 0.15) is 55.6 Å². The van der Waals surface area contributed by atoms with Gasteiger partial charge in [0.05, 0.1) is 0 Å². The number of rotatable bonds is 3. The van der Waals surface area contributed by atoms with E-state index >= 15 is 0 Å². The molecule has 3 heteroatoms. The van der Waals surface area contributed by atoms with Crippen LogP contribution in [0.5, 0.6) is 0 Å². The molecule has 1 aromatic rings. The second-order valence-corrected chi connectivity index (χ2v) is 5.93. The Bertz CT molecular complexity index is 513. The highest BCUT2D eigenvalue weighted by Crippen LogP contribution is 2.33. The van der Waals surface area contributed by atoms with Gasteiger partial charge in [-0.05, 0) is 36.3 Å². The van der Waals surface area contributed by atoms with Gasteiger partial charge in [0.2, 0.25) is 5.91 Å². The minimum absolute atomic E-state index is 0.277. The zero-order chi connectivity index (χ0) is 13.9. The smallest absolute Gasteiger partial charge is 0.222 e. The predicted octanol–water partition coefficient (Wildman–Crippen LogP) is 3.04. The molecular formula is C17H21NO2. The Labute approximate surface area is 120 Å². The number of ketones is 1. The van der Waals surface area contributed by atoms with Crippen LogP contribution in [0.3, 0.4) is 0 Å². The minimum Gasteiger partial charge on any atom is -0.338 e. The molecule has 0 N–H and O–H groups in total. The van der Waals surface area contributed by atoms with Crippen LogP contribution in [0.25, 0.3) is 0 Å². The molecule has 1 aromatic carbocycles. The van der Waals surface area contributed by atoms with E-state index in [2.05, 4.69) is 18.2 Å². The van der Waals surface area contributed by atoms with E-state index in [1.807, 2.05) is 11.0 Å². The molecule has 0 spiro atoms. The Hall–Kier alpha value is -1.64. The SMILES string of the molecule is O=C1CCC(c2ccccc2CN2CCCC2=O)CC1. The van der Waals surface area contributed by atoms with E-state index in [1.165, 1.54) is 11.1 Å². The van der Waals surface area contributed by atoms with Gasteiger partial charge in [-0.3, -0.25) is 9.59 Å². The molecule has 1 saturated carbocycles. The minimum atomic E-state index is 0.277. The van der Waals surface area contributed by atoms with Gasteiger partial charge >= 0.3 is 0 Å². The van der Waals surface area contributed by atoms with Crippen molar-refractivity contribution in [3.63, 3.8) is 0 Å². The molecule has 3 rings (SSSR count). The topological polar surface area (TPSA) is 37.4 Å². The fourth-order valence-corrected chi connectivity index (χ4v) is 3.40. The Balaban J connectivity index is 1.77. The molecule has 0 aromatic heterocycles. The van der Waals surface area contributed by atoms with Gasteiger partial charge in [0.25, 0.3) is 0 Å². The summed E-state index contributed by atoms with van der Waals surface area (Å²) >= 11 is 0. The molecule has 2 fully saturated rings. The highest BCUT2D eigenvalue weighted by Gasteiger charge is 2.25. The monoisotopic (exact) mass is 271 g/mol. The molecule has 1 amide bonds. The first-order valence-corrected chi connectivity index (χ1v) is 7.61. The number of hydrogen-bond acceptors (Lipinski definition) is 2. The summed E-state index contributed by atoms with van der Waals surface area (Å²) in [4.78, 5) is 25.1. The molecule has 3 nitrogen and oxygen atoms in total. The fraction of sp³-hybridized carbons (Fsp3) is 0.529. The summed E-state index contributed by atoms with van der Waals surface area (Å²) in [6, 6.07) is 8.43. The van der Waals surface area contributed by atoms with Crippen LogP contribution in [-0.2, 0) is 16.1 Å². The zero-order valence-electron chi connectivity index (χ0n) is 11.8. The Kier molecular flexibility index (Phi) is 3.86. The van der Waals surface area contributed by atoms with Gasteiger partial charge in [-0.25, -0.2) is 0 Å². The molecule has 0 bridgehead atoms. The largest absolute Gasteiger partial charge is 0.338 e. The number of nitrogens with zero attached hydrogens (tertiary/aromatic N) is 1. The van der Waals surface area contributed by atoms with E-state index in [-0.39, 0.29) is 5.91 Å². The van der Waals surface area contributed by atoms with Crippen molar-refractivity contribution in [2.24, 2.45) is 0 Å². The highest BCUT2D eigenvalue weighted by molar-refractivity contribution is 5.79. The predicted molar refractivity (Wildman–Crippen MR) is 77.3 cm³/mol. The van der Waals surface area contributed by atoms with Crippen molar-refractivity contribution in [2.45, 2.75) is 51.0 Å². The molecule has 0 radical (unpaired) electrons. The van der Waals surface area contributed by atoms with Crippen molar-refractivity contribution in [2.75, 3.05) is 6.54 Å². The van der Waals surface area contributed by atoms with Crippen molar-refractivity contribution in [3.05, 3.63) is 35.4 Å². The average molecular weight is 271 g/mol. The lowest BCUT2D eigenvalue weighted by molar-refractivity contribution is -0.128. The summed E-state index contributed by atoms with van der Waals surface area (Å²) < 4.78 is 0. The van der Waals surface area contributed by atoms with Gasteiger partial charge in [0, 0.05) is 32.4 Å². The molecule has 1 saturated heterocycles.